The topological polar surface area (TPSA) is 54.3 Å². The van der Waals surface area contributed by atoms with Crippen LogP contribution in [0.25, 0.3) is 11.8 Å². The second kappa shape index (κ2) is 9.25. The fraction of sp³-hybridized carbons (Fsp3) is 0.125. The maximum absolute atomic E-state index is 13.3. The van der Waals surface area contributed by atoms with Gasteiger partial charge in [-0.3, -0.25) is 19.8 Å². The number of aryl methyl sites for hydroxylation is 1. The molecule has 180 valence electrons. The van der Waals surface area contributed by atoms with Gasteiger partial charge in [0.1, 0.15) is 5.57 Å². The lowest BCUT2D eigenvalue weighted by molar-refractivity contribution is -0.137. The summed E-state index contributed by atoms with van der Waals surface area (Å²) >= 11 is 14.7. The molecule has 2 aromatic carbocycles. The smallest absolute Gasteiger partial charge is 0.318 e. The molecule has 0 radical (unpaired) electrons. The van der Waals surface area contributed by atoms with E-state index >= 15 is 0 Å². The molecular weight excluding hydrogens is 567 g/mol. The van der Waals surface area contributed by atoms with Crippen LogP contribution in [0.5, 0.6) is 0 Å². The summed E-state index contributed by atoms with van der Waals surface area (Å²) in [6.07, 6.45) is -3.20. The summed E-state index contributed by atoms with van der Waals surface area (Å²) in [7, 11) is 0. The van der Waals surface area contributed by atoms with Crippen molar-refractivity contribution in [2.75, 3.05) is 4.90 Å². The second-order valence-corrected chi connectivity index (χ2v) is 9.41. The van der Waals surface area contributed by atoms with Gasteiger partial charge in [0.15, 0.2) is 5.11 Å². The minimum Gasteiger partial charge on any atom is -0.318 e. The van der Waals surface area contributed by atoms with Gasteiger partial charge in [-0.15, -0.1) is 0 Å². The number of carbonyl (C=O) groups is 2. The first-order valence-electron chi connectivity index (χ1n) is 10.1. The third-order valence-corrected chi connectivity index (χ3v) is 6.98. The minimum atomic E-state index is -4.61. The van der Waals surface area contributed by atoms with Crippen LogP contribution < -0.4 is 10.2 Å². The first-order valence-corrected chi connectivity index (χ1v) is 11.7. The molecule has 2 heterocycles. The molecule has 1 N–H and O–H groups in total. The van der Waals surface area contributed by atoms with Gasteiger partial charge in [0.25, 0.3) is 11.8 Å². The lowest BCUT2D eigenvalue weighted by Gasteiger charge is -2.29. The number of benzene rings is 2. The number of anilines is 1. The van der Waals surface area contributed by atoms with Crippen molar-refractivity contribution < 1.29 is 22.8 Å². The molecule has 0 bridgehead atoms. The maximum atomic E-state index is 13.3. The number of amides is 2. The molecule has 2 amide bonds. The number of hydrogen-bond donors (Lipinski definition) is 1. The van der Waals surface area contributed by atoms with Gasteiger partial charge in [0.2, 0.25) is 0 Å². The highest BCUT2D eigenvalue weighted by Gasteiger charge is 2.36. The van der Waals surface area contributed by atoms with Crippen molar-refractivity contribution in [3.8, 4) is 5.69 Å². The molecule has 35 heavy (non-hydrogen) atoms. The number of thiocarbonyl (C=S) groups is 1. The number of alkyl halides is 3. The number of rotatable bonds is 3. The first kappa shape index (κ1) is 25.2. The Labute approximate surface area is 217 Å². The van der Waals surface area contributed by atoms with Crippen molar-refractivity contribution in [3.05, 3.63) is 86.1 Å². The average molecular weight is 583 g/mol. The van der Waals surface area contributed by atoms with E-state index in [1.165, 1.54) is 18.2 Å². The average Bonchev–Trinajstić information content (AvgIpc) is 3.05. The van der Waals surface area contributed by atoms with Gasteiger partial charge in [-0.2, -0.15) is 13.2 Å². The van der Waals surface area contributed by atoms with Crippen LogP contribution in [0.2, 0.25) is 5.02 Å². The molecule has 3 aromatic rings. The molecule has 1 aliphatic heterocycles. The fourth-order valence-corrected chi connectivity index (χ4v) is 4.53. The van der Waals surface area contributed by atoms with Crippen LogP contribution >= 0.6 is 39.7 Å². The van der Waals surface area contributed by atoms with Crippen LogP contribution in [-0.2, 0) is 15.8 Å². The van der Waals surface area contributed by atoms with Crippen molar-refractivity contribution in [2.45, 2.75) is 20.0 Å². The van der Waals surface area contributed by atoms with E-state index in [0.29, 0.717) is 10.6 Å². The Hall–Kier alpha value is -2.95. The van der Waals surface area contributed by atoms with Gasteiger partial charge in [-0.25, -0.2) is 0 Å². The van der Waals surface area contributed by atoms with Gasteiger partial charge < -0.3 is 4.57 Å². The Morgan fingerprint density at radius 3 is 2.43 bits per heavy atom. The van der Waals surface area contributed by atoms with Crippen LogP contribution in [0.1, 0.15) is 22.5 Å². The van der Waals surface area contributed by atoms with Crippen LogP contribution in [0.15, 0.2) is 58.6 Å². The molecule has 0 atom stereocenters. The third-order valence-electron chi connectivity index (χ3n) is 5.46. The lowest BCUT2D eigenvalue weighted by atomic mass is 10.1. The van der Waals surface area contributed by atoms with Gasteiger partial charge in [0, 0.05) is 21.5 Å². The van der Waals surface area contributed by atoms with Crippen molar-refractivity contribution in [2.24, 2.45) is 0 Å². The quantitative estimate of drug-likeness (QED) is 0.222. The molecule has 1 fully saturated rings. The lowest BCUT2D eigenvalue weighted by Crippen LogP contribution is -2.54. The van der Waals surface area contributed by atoms with Crippen LogP contribution in [-0.4, -0.2) is 21.5 Å². The zero-order valence-corrected chi connectivity index (χ0v) is 21.4. The summed E-state index contributed by atoms with van der Waals surface area (Å²) in [5.74, 6) is -1.56. The number of aromatic nitrogens is 1. The molecule has 5 nitrogen and oxygen atoms in total. The summed E-state index contributed by atoms with van der Waals surface area (Å²) in [6, 6.07) is 11.4. The zero-order chi connectivity index (χ0) is 25.7. The third kappa shape index (κ3) is 4.78. The molecule has 4 rings (SSSR count). The predicted octanol–water partition coefficient (Wildman–Crippen LogP) is 6.36. The minimum absolute atomic E-state index is 0.101. The molecule has 0 saturated carbocycles. The van der Waals surface area contributed by atoms with Gasteiger partial charge in [-0.05, 0) is 96.1 Å². The highest BCUT2D eigenvalue weighted by Crippen LogP contribution is 2.33. The van der Waals surface area contributed by atoms with Gasteiger partial charge in [-0.1, -0.05) is 17.7 Å². The Bertz CT molecular complexity index is 1430. The van der Waals surface area contributed by atoms with Gasteiger partial charge >= 0.3 is 6.18 Å². The summed E-state index contributed by atoms with van der Waals surface area (Å²) in [4.78, 5) is 26.8. The molecule has 0 spiro atoms. The number of nitrogens with zero attached hydrogens (tertiary/aromatic N) is 2. The van der Waals surface area contributed by atoms with E-state index in [1.54, 1.807) is 18.2 Å². The van der Waals surface area contributed by atoms with E-state index in [4.69, 9.17) is 23.8 Å². The van der Waals surface area contributed by atoms with Crippen molar-refractivity contribution >= 4 is 68.4 Å². The van der Waals surface area contributed by atoms with Gasteiger partial charge in [0.05, 0.1) is 16.3 Å². The molecule has 1 aromatic heterocycles. The Balaban J connectivity index is 1.76. The Kier molecular flexibility index (Phi) is 6.65. The number of hydrogen-bond acceptors (Lipinski definition) is 3. The SMILES string of the molecule is Cc1cc(/C=C2\C(=O)NC(=S)N(c3cccc(C(F)(F)F)c3)C2=O)c(C)n1-c1ccc(Br)c(Cl)c1. The second-order valence-electron chi connectivity index (χ2n) is 7.77. The number of halogens is 5. The van der Waals surface area contributed by atoms with Crippen LogP contribution in [0, 0.1) is 13.8 Å². The van der Waals surface area contributed by atoms with Crippen molar-refractivity contribution in [1.29, 1.82) is 0 Å². The van der Waals surface area contributed by atoms with E-state index in [-0.39, 0.29) is 16.4 Å². The number of carbonyl (C=O) groups excluding carboxylic acids is 2. The highest BCUT2D eigenvalue weighted by molar-refractivity contribution is 9.10. The molecule has 0 unspecified atom stereocenters. The summed E-state index contributed by atoms with van der Waals surface area (Å²) < 4.78 is 42.2. The van der Waals surface area contributed by atoms with E-state index in [2.05, 4.69) is 21.2 Å². The van der Waals surface area contributed by atoms with Crippen molar-refractivity contribution in [3.63, 3.8) is 0 Å². The number of nitrogens with one attached hydrogen (secondary N) is 1. The van der Waals surface area contributed by atoms with E-state index in [9.17, 15) is 22.8 Å². The highest BCUT2D eigenvalue weighted by atomic mass is 79.9. The van der Waals surface area contributed by atoms with E-state index < -0.39 is 23.6 Å². The largest absolute Gasteiger partial charge is 0.416 e. The zero-order valence-electron chi connectivity index (χ0n) is 18.2. The molecule has 1 aliphatic rings. The molecule has 11 heteroatoms. The van der Waals surface area contributed by atoms with E-state index in [0.717, 1.165) is 38.6 Å². The Morgan fingerprint density at radius 1 is 1.06 bits per heavy atom. The van der Waals surface area contributed by atoms with Crippen LogP contribution in [0.4, 0.5) is 18.9 Å². The van der Waals surface area contributed by atoms with Crippen LogP contribution in [0.3, 0.4) is 0 Å². The summed E-state index contributed by atoms with van der Waals surface area (Å²) in [5, 5.41) is 2.61. The Morgan fingerprint density at radius 2 is 1.77 bits per heavy atom. The normalized spacial score (nSPS) is 15.7. The molecule has 1 saturated heterocycles. The summed E-state index contributed by atoms with van der Waals surface area (Å²) in [6.45, 7) is 3.67. The van der Waals surface area contributed by atoms with E-state index in [1.807, 2.05) is 24.5 Å². The monoisotopic (exact) mass is 581 g/mol. The molecule has 0 aliphatic carbocycles. The summed E-state index contributed by atoms with van der Waals surface area (Å²) in [5.41, 5.74) is 1.61. The fourth-order valence-electron chi connectivity index (χ4n) is 3.82. The standard InChI is InChI=1S/C24H16BrClF3N3O2S/c1-12-8-14(13(2)31(12)17-6-7-19(25)20(26)11-17)9-18-21(33)30-23(35)32(22(18)34)16-5-3-4-15(10-16)24(27,28)29/h3-11H,1-2H3,(H,30,33,35)/b18-9+. The van der Waals surface area contributed by atoms with Crippen molar-refractivity contribution in [1.82, 2.24) is 9.88 Å². The predicted molar refractivity (Wildman–Crippen MR) is 136 cm³/mol. The molecular formula is C24H16BrClF3N3O2S. The first-order chi connectivity index (χ1) is 16.4. The maximum Gasteiger partial charge on any atom is 0.416 e.